The molecule has 20 heavy (non-hydrogen) atoms. The van der Waals surface area contributed by atoms with Crippen LogP contribution in [-0.2, 0) is 0 Å². The number of amides is 1. The van der Waals surface area contributed by atoms with Crippen LogP contribution in [0.25, 0.3) is 0 Å². The number of nitrogens with zero attached hydrogens (tertiary/aromatic N) is 1. The molecule has 0 saturated carbocycles. The molecular formula is C16H20N2O2. The Balaban J connectivity index is 2.17. The van der Waals surface area contributed by atoms with E-state index in [0.717, 1.165) is 5.56 Å². The molecule has 0 spiro atoms. The van der Waals surface area contributed by atoms with Gasteiger partial charge in [0.2, 0.25) is 0 Å². The van der Waals surface area contributed by atoms with Gasteiger partial charge in [0.15, 0.2) is 0 Å². The Hall–Kier alpha value is -2.10. The molecule has 1 aromatic heterocycles. The van der Waals surface area contributed by atoms with Gasteiger partial charge in [0, 0.05) is 0 Å². The van der Waals surface area contributed by atoms with Crippen LogP contribution in [0, 0.1) is 27.7 Å². The predicted molar refractivity (Wildman–Crippen MR) is 77.8 cm³/mol. The average molecular weight is 272 g/mol. The van der Waals surface area contributed by atoms with Gasteiger partial charge >= 0.3 is 0 Å². The molecule has 1 heterocycles. The summed E-state index contributed by atoms with van der Waals surface area (Å²) in [5.74, 6) is 0.402. The Morgan fingerprint density at radius 2 is 1.90 bits per heavy atom. The molecule has 0 aliphatic heterocycles. The quantitative estimate of drug-likeness (QED) is 0.931. The third kappa shape index (κ3) is 2.74. The molecule has 0 fully saturated rings. The number of hydrogen-bond donors (Lipinski definition) is 1. The minimum absolute atomic E-state index is 0.0597. The zero-order chi connectivity index (χ0) is 14.9. The number of benzene rings is 1. The fourth-order valence-electron chi connectivity index (χ4n) is 2.19. The molecule has 106 valence electrons. The Bertz CT molecular complexity index is 624. The van der Waals surface area contributed by atoms with Gasteiger partial charge in [-0.3, -0.25) is 4.79 Å². The van der Waals surface area contributed by atoms with Crippen molar-refractivity contribution >= 4 is 5.91 Å². The van der Waals surface area contributed by atoms with E-state index in [4.69, 9.17) is 4.52 Å². The number of hydrogen-bond acceptors (Lipinski definition) is 3. The lowest BCUT2D eigenvalue weighted by molar-refractivity contribution is 0.0938. The van der Waals surface area contributed by atoms with Gasteiger partial charge in [0.25, 0.3) is 5.91 Å². The first kappa shape index (κ1) is 14.3. The Morgan fingerprint density at radius 1 is 1.20 bits per heavy atom. The molecule has 0 bridgehead atoms. The van der Waals surface area contributed by atoms with Gasteiger partial charge in [-0.25, -0.2) is 0 Å². The van der Waals surface area contributed by atoms with Crippen LogP contribution >= 0.6 is 0 Å². The monoisotopic (exact) mass is 272 g/mol. The van der Waals surface area contributed by atoms with Crippen molar-refractivity contribution in [1.82, 2.24) is 10.5 Å². The molecule has 4 nitrogen and oxygen atoms in total. The van der Waals surface area contributed by atoms with E-state index < -0.39 is 0 Å². The van der Waals surface area contributed by atoms with Crippen molar-refractivity contribution in [2.24, 2.45) is 0 Å². The van der Waals surface area contributed by atoms with Crippen LogP contribution in [-0.4, -0.2) is 11.1 Å². The molecule has 0 aliphatic rings. The van der Waals surface area contributed by atoms with E-state index in [1.54, 1.807) is 13.8 Å². The van der Waals surface area contributed by atoms with E-state index >= 15 is 0 Å². The normalized spacial score (nSPS) is 12.2. The molecule has 0 unspecified atom stereocenters. The van der Waals surface area contributed by atoms with Gasteiger partial charge in [-0.1, -0.05) is 23.4 Å². The number of aromatic nitrogens is 1. The standard InChI is InChI=1S/C16H20N2O2/c1-9-6-7-14(8-10(9)2)11(3)17-16(19)15-12(4)18-20-13(15)5/h6-8,11H,1-5H3,(H,17,19)/t11-/m1/s1. The van der Waals surface area contributed by atoms with Crippen LogP contribution < -0.4 is 5.32 Å². The summed E-state index contributed by atoms with van der Waals surface area (Å²) in [6.07, 6.45) is 0. The van der Waals surface area contributed by atoms with E-state index in [9.17, 15) is 4.79 Å². The van der Waals surface area contributed by atoms with Crippen molar-refractivity contribution in [3.63, 3.8) is 0 Å². The molecule has 2 aromatic rings. The smallest absolute Gasteiger partial charge is 0.257 e. The molecule has 2 rings (SSSR count). The van der Waals surface area contributed by atoms with Crippen molar-refractivity contribution in [3.05, 3.63) is 51.9 Å². The number of aryl methyl sites for hydroxylation is 4. The second-order valence-electron chi connectivity index (χ2n) is 5.24. The highest BCUT2D eigenvalue weighted by Crippen LogP contribution is 2.19. The maximum atomic E-state index is 12.3. The molecule has 0 radical (unpaired) electrons. The van der Waals surface area contributed by atoms with Gasteiger partial charge < -0.3 is 9.84 Å². The summed E-state index contributed by atoms with van der Waals surface area (Å²) in [4.78, 5) is 12.3. The van der Waals surface area contributed by atoms with E-state index in [1.807, 2.05) is 13.0 Å². The van der Waals surface area contributed by atoms with Gasteiger partial charge in [0.05, 0.1) is 11.7 Å². The predicted octanol–water partition coefficient (Wildman–Crippen LogP) is 3.40. The molecule has 0 aliphatic carbocycles. The largest absolute Gasteiger partial charge is 0.361 e. The highest BCUT2D eigenvalue weighted by molar-refractivity contribution is 5.96. The van der Waals surface area contributed by atoms with E-state index in [-0.39, 0.29) is 11.9 Å². The lowest BCUT2D eigenvalue weighted by Crippen LogP contribution is -2.27. The second-order valence-corrected chi connectivity index (χ2v) is 5.24. The van der Waals surface area contributed by atoms with Crippen molar-refractivity contribution in [1.29, 1.82) is 0 Å². The summed E-state index contributed by atoms with van der Waals surface area (Å²) in [7, 11) is 0. The Labute approximate surface area is 119 Å². The topological polar surface area (TPSA) is 55.1 Å². The molecule has 4 heteroatoms. The first-order chi connectivity index (χ1) is 9.40. The Morgan fingerprint density at radius 3 is 2.45 bits per heavy atom. The number of rotatable bonds is 3. The fourth-order valence-corrected chi connectivity index (χ4v) is 2.19. The first-order valence-corrected chi connectivity index (χ1v) is 6.71. The highest BCUT2D eigenvalue weighted by Gasteiger charge is 2.19. The minimum Gasteiger partial charge on any atom is -0.361 e. The summed E-state index contributed by atoms with van der Waals surface area (Å²) < 4.78 is 5.03. The van der Waals surface area contributed by atoms with E-state index in [0.29, 0.717) is 17.0 Å². The second kappa shape index (κ2) is 5.49. The summed E-state index contributed by atoms with van der Waals surface area (Å²) in [6.45, 7) is 9.63. The van der Waals surface area contributed by atoms with Gasteiger partial charge in [-0.05, 0) is 51.3 Å². The van der Waals surface area contributed by atoms with Crippen LogP contribution in [0.5, 0.6) is 0 Å². The van der Waals surface area contributed by atoms with Crippen molar-refractivity contribution in [2.45, 2.75) is 40.7 Å². The lowest BCUT2D eigenvalue weighted by Gasteiger charge is -2.15. The molecule has 0 saturated heterocycles. The van der Waals surface area contributed by atoms with E-state index in [1.165, 1.54) is 11.1 Å². The molecule has 1 N–H and O–H groups in total. The third-order valence-corrected chi connectivity index (χ3v) is 3.64. The first-order valence-electron chi connectivity index (χ1n) is 6.71. The SMILES string of the molecule is Cc1ccc([C@@H](C)NC(=O)c2c(C)noc2C)cc1C. The Kier molecular flexibility index (Phi) is 3.93. The van der Waals surface area contributed by atoms with Crippen molar-refractivity contribution < 1.29 is 9.32 Å². The summed E-state index contributed by atoms with van der Waals surface area (Å²) in [5, 5.41) is 6.80. The fraction of sp³-hybridized carbons (Fsp3) is 0.375. The molecular weight excluding hydrogens is 252 g/mol. The molecule has 1 amide bonds. The summed E-state index contributed by atoms with van der Waals surface area (Å²) in [6, 6.07) is 6.16. The molecule has 1 atom stereocenters. The minimum atomic E-state index is -0.146. The number of nitrogens with one attached hydrogen (secondary N) is 1. The van der Waals surface area contributed by atoms with Crippen LogP contribution in [0.3, 0.4) is 0 Å². The average Bonchev–Trinajstić information content (AvgIpc) is 2.72. The van der Waals surface area contributed by atoms with Crippen LogP contribution in [0.4, 0.5) is 0 Å². The maximum Gasteiger partial charge on any atom is 0.257 e. The highest BCUT2D eigenvalue weighted by atomic mass is 16.5. The number of carbonyl (C=O) groups is 1. The molecule has 1 aromatic carbocycles. The van der Waals surface area contributed by atoms with Crippen molar-refractivity contribution in [2.75, 3.05) is 0 Å². The summed E-state index contributed by atoms with van der Waals surface area (Å²) in [5.41, 5.74) is 4.71. The third-order valence-electron chi connectivity index (χ3n) is 3.64. The van der Waals surface area contributed by atoms with Gasteiger partial charge in [-0.2, -0.15) is 0 Å². The van der Waals surface area contributed by atoms with Crippen LogP contribution in [0.2, 0.25) is 0 Å². The zero-order valence-electron chi connectivity index (χ0n) is 12.6. The van der Waals surface area contributed by atoms with Gasteiger partial charge in [0.1, 0.15) is 11.3 Å². The lowest BCUT2D eigenvalue weighted by atomic mass is 10.0. The number of carbonyl (C=O) groups excluding carboxylic acids is 1. The summed E-state index contributed by atoms with van der Waals surface area (Å²) >= 11 is 0. The van der Waals surface area contributed by atoms with Crippen LogP contribution in [0.15, 0.2) is 22.7 Å². The van der Waals surface area contributed by atoms with Gasteiger partial charge in [-0.15, -0.1) is 0 Å². The van der Waals surface area contributed by atoms with E-state index in [2.05, 4.69) is 36.5 Å². The van der Waals surface area contributed by atoms with Crippen LogP contribution in [0.1, 0.15) is 51.5 Å². The maximum absolute atomic E-state index is 12.3. The zero-order valence-corrected chi connectivity index (χ0v) is 12.6. The van der Waals surface area contributed by atoms with Crippen molar-refractivity contribution in [3.8, 4) is 0 Å².